The zero-order valence-corrected chi connectivity index (χ0v) is 5.95. The van der Waals surface area contributed by atoms with Crippen molar-refractivity contribution in [1.29, 1.82) is 0 Å². The van der Waals surface area contributed by atoms with Crippen LogP contribution >= 0.6 is 0 Å². The Labute approximate surface area is 68.1 Å². The van der Waals surface area contributed by atoms with Gasteiger partial charge in [0.25, 0.3) is 0 Å². The number of aldehydes is 1. The van der Waals surface area contributed by atoms with Gasteiger partial charge in [-0.3, -0.25) is 0 Å². The van der Waals surface area contributed by atoms with Crippen molar-refractivity contribution in [1.82, 2.24) is 0 Å². The molecule has 0 aliphatic heterocycles. The zero-order valence-electron chi connectivity index (χ0n) is 5.95. The Morgan fingerprint density at radius 3 is 2.27 bits per heavy atom. The molecule has 0 N–H and O–H groups in total. The second-order valence-corrected chi connectivity index (χ2v) is 2.34. The maximum atomic E-state index is 10.3. The molecule has 1 aromatic carbocycles. The minimum atomic E-state index is 0. The molecule has 1 atom stereocenters. The fraction of sp³-hybridized carbons (Fsp3) is 0.300. The number of carbonyl (C=O) groups is 1. The predicted molar refractivity (Wildman–Crippen MR) is 47.7 cm³/mol. The van der Waals surface area contributed by atoms with Crippen LogP contribution in [0.3, 0.4) is 0 Å². The van der Waals surface area contributed by atoms with Crippen molar-refractivity contribution in [2.45, 2.75) is 20.3 Å². The van der Waals surface area contributed by atoms with Crippen LogP contribution in [-0.4, -0.2) is 6.29 Å². The average molecular weight is 150 g/mol. The standard InChI is InChI=1S/C9H10O.CH4/c1-8(7-10)9-5-3-2-4-6-9;/h2-8H,1H3;1H4. The Morgan fingerprint density at radius 1 is 1.27 bits per heavy atom. The molecule has 60 valence electrons. The van der Waals surface area contributed by atoms with Gasteiger partial charge in [0.05, 0.1) is 0 Å². The number of hydrogen-bond donors (Lipinski definition) is 0. The monoisotopic (exact) mass is 150 g/mol. The van der Waals surface area contributed by atoms with E-state index in [0.29, 0.717) is 0 Å². The molecular formula is C10H14O. The summed E-state index contributed by atoms with van der Waals surface area (Å²) in [6, 6.07) is 9.74. The highest BCUT2D eigenvalue weighted by atomic mass is 16.1. The van der Waals surface area contributed by atoms with Crippen LogP contribution in [0.15, 0.2) is 30.3 Å². The molecule has 1 nitrogen and oxygen atoms in total. The minimum Gasteiger partial charge on any atom is -0.303 e. The molecule has 0 saturated heterocycles. The number of carbonyl (C=O) groups excluding carboxylic acids is 1. The second kappa shape index (κ2) is 4.67. The first-order valence-electron chi connectivity index (χ1n) is 3.35. The normalized spacial score (nSPS) is 11.4. The Morgan fingerprint density at radius 2 is 1.82 bits per heavy atom. The quantitative estimate of drug-likeness (QED) is 0.592. The Kier molecular flexibility index (Phi) is 4.20. The number of hydrogen-bond acceptors (Lipinski definition) is 1. The maximum absolute atomic E-state index is 10.3. The van der Waals surface area contributed by atoms with Gasteiger partial charge in [0.15, 0.2) is 0 Å². The lowest BCUT2D eigenvalue weighted by Gasteiger charge is -2.00. The van der Waals surface area contributed by atoms with Gasteiger partial charge in [-0.15, -0.1) is 0 Å². The van der Waals surface area contributed by atoms with E-state index < -0.39 is 0 Å². The van der Waals surface area contributed by atoms with Crippen LogP contribution in [0.5, 0.6) is 0 Å². The Hall–Kier alpha value is -1.11. The van der Waals surface area contributed by atoms with Gasteiger partial charge in [0, 0.05) is 5.92 Å². The number of benzene rings is 1. The van der Waals surface area contributed by atoms with Crippen molar-refractivity contribution >= 4 is 6.29 Å². The summed E-state index contributed by atoms with van der Waals surface area (Å²) in [4.78, 5) is 10.3. The third-order valence-electron chi connectivity index (χ3n) is 1.53. The van der Waals surface area contributed by atoms with Crippen molar-refractivity contribution in [3.8, 4) is 0 Å². The SMILES string of the molecule is C.CC(C=O)c1ccccc1. The molecule has 0 heterocycles. The summed E-state index contributed by atoms with van der Waals surface area (Å²) in [6.07, 6.45) is 0.954. The smallest absolute Gasteiger partial charge is 0.127 e. The average Bonchev–Trinajstić information content (AvgIpc) is 2.05. The molecule has 0 fully saturated rings. The second-order valence-electron chi connectivity index (χ2n) is 2.34. The van der Waals surface area contributed by atoms with E-state index >= 15 is 0 Å². The molecule has 0 aromatic heterocycles. The first-order valence-corrected chi connectivity index (χ1v) is 3.35. The van der Waals surface area contributed by atoms with Gasteiger partial charge < -0.3 is 4.79 Å². The molecule has 0 radical (unpaired) electrons. The molecule has 1 rings (SSSR count). The Bertz CT molecular complexity index is 203. The third-order valence-corrected chi connectivity index (χ3v) is 1.53. The van der Waals surface area contributed by atoms with Gasteiger partial charge in [0.2, 0.25) is 0 Å². The van der Waals surface area contributed by atoms with Crippen LogP contribution in [0.25, 0.3) is 0 Å². The molecule has 0 saturated carbocycles. The topological polar surface area (TPSA) is 17.1 Å². The largest absolute Gasteiger partial charge is 0.303 e. The van der Waals surface area contributed by atoms with Gasteiger partial charge in [-0.1, -0.05) is 44.7 Å². The fourth-order valence-electron chi connectivity index (χ4n) is 0.835. The summed E-state index contributed by atoms with van der Waals surface area (Å²) < 4.78 is 0. The summed E-state index contributed by atoms with van der Waals surface area (Å²) in [5.74, 6) is 0.0289. The van der Waals surface area contributed by atoms with Crippen molar-refractivity contribution in [2.24, 2.45) is 0 Å². The lowest BCUT2D eigenvalue weighted by Crippen LogP contribution is -1.92. The van der Waals surface area contributed by atoms with Crippen molar-refractivity contribution in [3.05, 3.63) is 35.9 Å². The van der Waals surface area contributed by atoms with Crippen LogP contribution in [0.4, 0.5) is 0 Å². The molecule has 0 bridgehead atoms. The number of rotatable bonds is 2. The van der Waals surface area contributed by atoms with Gasteiger partial charge >= 0.3 is 0 Å². The molecule has 11 heavy (non-hydrogen) atoms. The molecule has 1 aromatic rings. The zero-order chi connectivity index (χ0) is 7.40. The van der Waals surface area contributed by atoms with Gasteiger partial charge in [0.1, 0.15) is 6.29 Å². The summed E-state index contributed by atoms with van der Waals surface area (Å²) >= 11 is 0. The van der Waals surface area contributed by atoms with Crippen LogP contribution in [0.1, 0.15) is 25.8 Å². The lowest BCUT2D eigenvalue weighted by atomic mass is 10.0. The van der Waals surface area contributed by atoms with E-state index in [4.69, 9.17) is 0 Å². The van der Waals surface area contributed by atoms with Crippen molar-refractivity contribution in [3.63, 3.8) is 0 Å². The van der Waals surface area contributed by atoms with E-state index in [9.17, 15) is 4.79 Å². The van der Waals surface area contributed by atoms with E-state index in [1.807, 2.05) is 37.3 Å². The predicted octanol–water partition coefficient (Wildman–Crippen LogP) is 2.63. The van der Waals surface area contributed by atoms with Gasteiger partial charge in [-0.25, -0.2) is 0 Å². The van der Waals surface area contributed by atoms with Gasteiger partial charge in [-0.2, -0.15) is 0 Å². The summed E-state index contributed by atoms with van der Waals surface area (Å²) in [6.45, 7) is 1.89. The summed E-state index contributed by atoms with van der Waals surface area (Å²) in [5, 5.41) is 0. The molecule has 0 aliphatic rings. The minimum absolute atomic E-state index is 0. The highest BCUT2D eigenvalue weighted by Crippen LogP contribution is 2.10. The molecule has 0 aliphatic carbocycles. The highest BCUT2D eigenvalue weighted by molar-refractivity contribution is 5.61. The molecule has 0 spiro atoms. The molecular weight excluding hydrogens is 136 g/mol. The maximum Gasteiger partial charge on any atom is 0.127 e. The van der Waals surface area contributed by atoms with E-state index in [1.165, 1.54) is 0 Å². The van der Waals surface area contributed by atoms with E-state index in [0.717, 1.165) is 11.8 Å². The molecule has 0 amide bonds. The first-order chi connectivity index (χ1) is 4.84. The molecule has 1 unspecified atom stereocenters. The van der Waals surface area contributed by atoms with Crippen molar-refractivity contribution in [2.75, 3.05) is 0 Å². The summed E-state index contributed by atoms with van der Waals surface area (Å²) in [7, 11) is 0. The lowest BCUT2D eigenvalue weighted by molar-refractivity contribution is -0.108. The van der Waals surface area contributed by atoms with Crippen LogP contribution in [0.2, 0.25) is 0 Å². The van der Waals surface area contributed by atoms with E-state index in [-0.39, 0.29) is 13.3 Å². The fourth-order valence-corrected chi connectivity index (χ4v) is 0.835. The third kappa shape index (κ3) is 2.54. The Balaban J connectivity index is 0.000001000. The summed E-state index contributed by atoms with van der Waals surface area (Å²) in [5.41, 5.74) is 1.08. The van der Waals surface area contributed by atoms with E-state index in [2.05, 4.69) is 0 Å². The van der Waals surface area contributed by atoms with Crippen LogP contribution in [-0.2, 0) is 4.79 Å². The van der Waals surface area contributed by atoms with Crippen LogP contribution in [0, 0.1) is 0 Å². The highest BCUT2D eigenvalue weighted by Gasteiger charge is 1.99. The van der Waals surface area contributed by atoms with Crippen LogP contribution < -0.4 is 0 Å². The first kappa shape index (κ1) is 9.89. The van der Waals surface area contributed by atoms with Crippen molar-refractivity contribution < 1.29 is 4.79 Å². The molecule has 1 heteroatoms. The van der Waals surface area contributed by atoms with E-state index in [1.54, 1.807) is 0 Å². The van der Waals surface area contributed by atoms with Gasteiger partial charge in [-0.05, 0) is 5.56 Å².